The Bertz CT molecular complexity index is 1610. The van der Waals surface area contributed by atoms with Gasteiger partial charge in [-0.15, -0.1) is 0 Å². The van der Waals surface area contributed by atoms with Gasteiger partial charge in [-0.3, -0.25) is 4.79 Å². The molecule has 0 spiro atoms. The average Bonchev–Trinajstić information content (AvgIpc) is 3.25. The summed E-state index contributed by atoms with van der Waals surface area (Å²) in [5, 5.41) is 2.24. The number of hydrogen-bond acceptors (Lipinski definition) is 5. The van der Waals surface area contributed by atoms with Crippen molar-refractivity contribution in [2.45, 2.75) is 46.1 Å². The number of amides is 1. The molecule has 0 N–H and O–H groups in total. The number of aromatic nitrogens is 1. The minimum Gasteiger partial charge on any atom is -0.380 e. The van der Waals surface area contributed by atoms with E-state index in [4.69, 9.17) is 4.74 Å². The highest BCUT2D eigenvalue weighted by atomic mass is 32.2. The summed E-state index contributed by atoms with van der Waals surface area (Å²) in [7, 11) is -3.67. The molecular formula is C30H37N3O4S2. The molecule has 0 atom stereocenters. The van der Waals surface area contributed by atoms with Gasteiger partial charge in [-0.25, -0.2) is 8.42 Å². The molecule has 1 amide bonds. The molecule has 0 bridgehead atoms. The predicted octanol–water partition coefficient (Wildman–Crippen LogP) is 5.94. The highest BCUT2D eigenvalue weighted by molar-refractivity contribution is 7.89. The zero-order valence-corrected chi connectivity index (χ0v) is 24.9. The minimum absolute atomic E-state index is 0.181. The zero-order valence-electron chi connectivity index (χ0n) is 23.3. The molecule has 0 aliphatic carbocycles. The fraction of sp³-hybridized carbons (Fsp3) is 0.400. The van der Waals surface area contributed by atoms with Crippen LogP contribution in [0.4, 0.5) is 0 Å². The van der Waals surface area contributed by atoms with Gasteiger partial charge in [0.1, 0.15) is 0 Å². The van der Waals surface area contributed by atoms with Crippen molar-refractivity contribution in [3.05, 3.63) is 71.0 Å². The van der Waals surface area contributed by atoms with Crippen LogP contribution in [0.2, 0.25) is 0 Å². The number of carbonyl (C=O) groups excluding carboxylic acids is 1. The maximum absolute atomic E-state index is 13.4. The molecule has 0 saturated carbocycles. The van der Waals surface area contributed by atoms with Crippen LogP contribution in [0.3, 0.4) is 0 Å². The Morgan fingerprint density at radius 2 is 1.64 bits per heavy atom. The molecule has 39 heavy (non-hydrogen) atoms. The van der Waals surface area contributed by atoms with Crippen LogP contribution >= 0.6 is 11.3 Å². The molecule has 3 aromatic carbocycles. The van der Waals surface area contributed by atoms with Crippen molar-refractivity contribution in [2.24, 2.45) is 16.8 Å². The number of sulfonamides is 1. The summed E-state index contributed by atoms with van der Waals surface area (Å²) in [5.41, 5.74) is 1.34. The average molecular weight is 568 g/mol. The van der Waals surface area contributed by atoms with E-state index >= 15 is 0 Å². The third-order valence-corrected chi connectivity index (χ3v) is 9.28. The van der Waals surface area contributed by atoms with Crippen molar-refractivity contribution in [1.29, 1.82) is 0 Å². The van der Waals surface area contributed by atoms with Crippen molar-refractivity contribution in [2.75, 3.05) is 26.3 Å². The van der Waals surface area contributed by atoms with Crippen LogP contribution in [0, 0.1) is 11.8 Å². The lowest BCUT2D eigenvalue weighted by Gasteiger charge is -2.25. The van der Waals surface area contributed by atoms with E-state index < -0.39 is 15.9 Å². The Morgan fingerprint density at radius 3 is 2.28 bits per heavy atom. The quantitative estimate of drug-likeness (QED) is 0.210. The molecule has 9 heteroatoms. The van der Waals surface area contributed by atoms with E-state index in [1.807, 2.05) is 51.3 Å². The second-order valence-electron chi connectivity index (χ2n) is 10.4. The Labute approximate surface area is 234 Å². The fourth-order valence-corrected chi connectivity index (χ4v) is 7.51. The summed E-state index contributed by atoms with van der Waals surface area (Å²) in [4.78, 5) is 18.5. The number of hydrogen-bond donors (Lipinski definition) is 0. The summed E-state index contributed by atoms with van der Waals surface area (Å²) in [5.74, 6) is -0.0155. The molecule has 0 aliphatic rings. The first-order chi connectivity index (χ1) is 18.6. The third-order valence-electron chi connectivity index (χ3n) is 6.31. The van der Waals surface area contributed by atoms with Crippen LogP contribution in [-0.2, 0) is 21.3 Å². The van der Waals surface area contributed by atoms with E-state index in [-0.39, 0.29) is 16.7 Å². The van der Waals surface area contributed by atoms with Gasteiger partial charge >= 0.3 is 0 Å². The van der Waals surface area contributed by atoms with Crippen molar-refractivity contribution >= 4 is 48.3 Å². The molecule has 4 aromatic rings. The van der Waals surface area contributed by atoms with E-state index in [1.165, 1.54) is 27.8 Å². The SMILES string of the molecule is CCOCCn1c(=NC(=O)c2ccc(S(=O)(=O)N(CC(C)C)CC(C)C)cc2)sc2c3ccccc3ccc21. The van der Waals surface area contributed by atoms with Crippen LogP contribution in [0.15, 0.2) is 70.6 Å². The third kappa shape index (κ3) is 6.66. The van der Waals surface area contributed by atoms with Gasteiger partial charge in [-0.1, -0.05) is 69.4 Å². The number of fused-ring (bicyclic) bond motifs is 3. The monoisotopic (exact) mass is 567 g/mol. The van der Waals surface area contributed by atoms with Gasteiger partial charge in [0.2, 0.25) is 10.0 Å². The topological polar surface area (TPSA) is 81.0 Å². The van der Waals surface area contributed by atoms with Crippen LogP contribution in [0.5, 0.6) is 0 Å². The van der Waals surface area contributed by atoms with Gasteiger partial charge < -0.3 is 9.30 Å². The standard InChI is InChI=1S/C30H37N3O4S2/c1-6-37-18-17-33-27-16-13-23-9-7-8-10-26(23)28(27)38-30(33)31-29(34)24-11-14-25(15-12-24)39(35,36)32(19-21(2)3)20-22(4)5/h7-16,21-22H,6,17-20H2,1-5H3. The summed E-state index contributed by atoms with van der Waals surface area (Å²) in [6.45, 7) is 12.5. The highest BCUT2D eigenvalue weighted by Crippen LogP contribution is 2.28. The second kappa shape index (κ2) is 12.6. The maximum Gasteiger partial charge on any atom is 0.279 e. The van der Waals surface area contributed by atoms with E-state index in [9.17, 15) is 13.2 Å². The number of nitrogens with zero attached hydrogens (tertiary/aromatic N) is 3. The predicted molar refractivity (Wildman–Crippen MR) is 159 cm³/mol. The second-order valence-corrected chi connectivity index (χ2v) is 13.3. The van der Waals surface area contributed by atoms with E-state index in [0.29, 0.717) is 43.2 Å². The lowest BCUT2D eigenvalue weighted by Crippen LogP contribution is -2.37. The number of benzene rings is 3. The van der Waals surface area contributed by atoms with E-state index in [2.05, 4.69) is 29.3 Å². The first kappa shape index (κ1) is 29.1. The van der Waals surface area contributed by atoms with Gasteiger partial charge in [-0.05, 0) is 54.5 Å². The van der Waals surface area contributed by atoms with Gasteiger partial charge in [0.25, 0.3) is 5.91 Å². The summed E-state index contributed by atoms with van der Waals surface area (Å²) in [6.07, 6.45) is 0. The number of ether oxygens (including phenoxy) is 1. The summed E-state index contributed by atoms with van der Waals surface area (Å²) >= 11 is 1.47. The molecule has 0 aliphatic heterocycles. The van der Waals surface area contributed by atoms with E-state index in [1.54, 1.807) is 12.1 Å². The lowest BCUT2D eigenvalue weighted by atomic mass is 10.1. The molecular weight excluding hydrogens is 530 g/mol. The van der Waals surface area contributed by atoms with Crippen LogP contribution in [-0.4, -0.2) is 49.5 Å². The molecule has 1 aromatic heterocycles. The number of carbonyl (C=O) groups is 1. The molecule has 1 heterocycles. The summed E-state index contributed by atoms with van der Waals surface area (Å²) < 4.78 is 36.9. The van der Waals surface area contributed by atoms with Crippen LogP contribution in [0.1, 0.15) is 45.0 Å². The molecule has 7 nitrogen and oxygen atoms in total. The largest absolute Gasteiger partial charge is 0.380 e. The zero-order chi connectivity index (χ0) is 28.2. The molecule has 0 saturated heterocycles. The number of rotatable bonds is 11. The molecule has 0 radical (unpaired) electrons. The molecule has 208 valence electrons. The summed E-state index contributed by atoms with van der Waals surface area (Å²) in [6, 6.07) is 18.4. The van der Waals surface area contributed by atoms with Gasteiger partial charge in [0, 0.05) is 37.2 Å². The van der Waals surface area contributed by atoms with Crippen LogP contribution < -0.4 is 4.80 Å². The smallest absolute Gasteiger partial charge is 0.279 e. The number of thiazole rings is 1. The Kier molecular flexibility index (Phi) is 9.38. The fourth-order valence-electron chi connectivity index (χ4n) is 4.56. The van der Waals surface area contributed by atoms with Gasteiger partial charge in [0.05, 0.1) is 21.7 Å². The first-order valence-corrected chi connectivity index (χ1v) is 15.7. The normalized spacial score (nSPS) is 13.0. The molecule has 4 rings (SSSR count). The first-order valence-electron chi connectivity index (χ1n) is 13.4. The lowest BCUT2D eigenvalue weighted by molar-refractivity contribution is 0.0996. The van der Waals surface area contributed by atoms with Crippen molar-refractivity contribution < 1.29 is 17.9 Å². The van der Waals surface area contributed by atoms with Gasteiger partial charge in [-0.2, -0.15) is 9.30 Å². The Hall–Kier alpha value is -2.85. The van der Waals surface area contributed by atoms with Crippen molar-refractivity contribution in [3.63, 3.8) is 0 Å². The maximum atomic E-state index is 13.4. The van der Waals surface area contributed by atoms with Crippen molar-refractivity contribution in [3.8, 4) is 0 Å². The van der Waals surface area contributed by atoms with Gasteiger partial charge in [0.15, 0.2) is 4.80 Å². The highest BCUT2D eigenvalue weighted by Gasteiger charge is 2.26. The molecule has 0 fully saturated rings. The minimum atomic E-state index is -3.67. The van der Waals surface area contributed by atoms with E-state index in [0.717, 1.165) is 21.0 Å². The van der Waals surface area contributed by atoms with Crippen molar-refractivity contribution in [1.82, 2.24) is 8.87 Å². The Balaban J connectivity index is 1.70. The Morgan fingerprint density at radius 1 is 0.974 bits per heavy atom. The molecule has 0 unspecified atom stereocenters. The van der Waals surface area contributed by atoms with Crippen LogP contribution in [0.25, 0.3) is 21.0 Å².